The van der Waals surface area contributed by atoms with Gasteiger partial charge in [0.05, 0.1) is 12.7 Å². The molecule has 1 saturated heterocycles. The van der Waals surface area contributed by atoms with Gasteiger partial charge in [-0.05, 0) is 31.6 Å². The smallest absolute Gasteiger partial charge is 0.168 e. The van der Waals surface area contributed by atoms with Crippen LogP contribution >= 0.6 is 0 Å². The van der Waals surface area contributed by atoms with E-state index in [9.17, 15) is 5.11 Å². The van der Waals surface area contributed by atoms with Gasteiger partial charge in [0.25, 0.3) is 0 Å². The van der Waals surface area contributed by atoms with Crippen molar-refractivity contribution in [1.29, 1.82) is 0 Å². The Bertz CT molecular complexity index is 247. The molecule has 0 bridgehead atoms. The van der Waals surface area contributed by atoms with E-state index in [4.69, 9.17) is 14.6 Å². The molecule has 2 fully saturated rings. The van der Waals surface area contributed by atoms with Crippen molar-refractivity contribution in [2.45, 2.75) is 71.2 Å². The molecule has 1 unspecified atom stereocenters. The first kappa shape index (κ1) is 16.9. The Labute approximate surface area is 117 Å². The number of ether oxygens (including phenoxy) is 2. The fraction of sp³-hybridized carbons (Fsp3) is 1.00. The summed E-state index contributed by atoms with van der Waals surface area (Å²) in [6.07, 6.45) is 6.88. The van der Waals surface area contributed by atoms with Crippen molar-refractivity contribution in [1.82, 2.24) is 0 Å². The Morgan fingerprint density at radius 1 is 1.16 bits per heavy atom. The number of aliphatic hydroxyl groups is 2. The number of hydrogen-bond donors (Lipinski definition) is 2. The van der Waals surface area contributed by atoms with Crippen LogP contribution in [0.25, 0.3) is 0 Å². The molecule has 0 aromatic rings. The third-order valence-corrected chi connectivity index (χ3v) is 3.74. The summed E-state index contributed by atoms with van der Waals surface area (Å²) in [5.74, 6) is -0.269. The number of aliphatic hydroxyl groups excluding tert-OH is 2. The summed E-state index contributed by atoms with van der Waals surface area (Å²) in [5.41, 5.74) is -0.0613. The molecule has 0 aromatic carbocycles. The van der Waals surface area contributed by atoms with Crippen LogP contribution in [0.4, 0.5) is 0 Å². The van der Waals surface area contributed by atoms with E-state index in [1.807, 2.05) is 0 Å². The molecule has 0 aromatic heterocycles. The first-order valence-corrected chi connectivity index (χ1v) is 7.50. The molecule has 1 aliphatic carbocycles. The van der Waals surface area contributed by atoms with E-state index in [2.05, 4.69) is 13.8 Å². The van der Waals surface area contributed by atoms with Crippen molar-refractivity contribution < 1.29 is 19.7 Å². The zero-order chi connectivity index (χ0) is 14.4. The molecule has 0 amide bonds. The maximum atomic E-state index is 9.26. The molecule has 2 rings (SSSR count). The predicted octanol–water partition coefficient (Wildman–Crippen LogP) is 2.47. The minimum Gasteiger partial charge on any atom is -0.397 e. The second kappa shape index (κ2) is 7.58. The molecule has 4 heteroatoms. The third kappa shape index (κ3) is 5.38. The molecular weight excluding hydrogens is 244 g/mol. The van der Waals surface area contributed by atoms with Gasteiger partial charge in [-0.25, -0.2) is 0 Å². The Kier molecular flexibility index (Phi) is 6.74. The third-order valence-electron chi connectivity index (χ3n) is 3.74. The summed E-state index contributed by atoms with van der Waals surface area (Å²) in [6.45, 7) is 6.98. The van der Waals surface area contributed by atoms with Gasteiger partial charge < -0.3 is 19.7 Å². The standard InChI is InChI=1S/C13H24O3.C2H6O/c1-12(2,10-14)8-11-9-15-13(16-11)6-4-3-5-7-13;1-2-3/h11,14H,3-10H2,1-2H3;3H,2H2,1H3. The molecule has 1 saturated carbocycles. The average Bonchev–Trinajstić information content (AvgIpc) is 2.73. The van der Waals surface area contributed by atoms with E-state index in [1.54, 1.807) is 6.92 Å². The highest BCUT2D eigenvalue weighted by molar-refractivity contribution is 4.84. The lowest BCUT2D eigenvalue weighted by Gasteiger charge is -2.32. The minimum absolute atomic E-state index is 0.0613. The molecule has 0 radical (unpaired) electrons. The first-order chi connectivity index (χ1) is 8.97. The van der Waals surface area contributed by atoms with E-state index in [0.717, 1.165) is 19.3 Å². The van der Waals surface area contributed by atoms with Crippen LogP contribution in [0.1, 0.15) is 59.3 Å². The van der Waals surface area contributed by atoms with Crippen LogP contribution in [-0.2, 0) is 9.47 Å². The quantitative estimate of drug-likeness (QED) is 0.830. The second-order valence-electron chi connectivity index (χ2n) is 6.36. The fourth-order valence-corrected chi connectivity index (χ4v) is 2.75. The highest BCUT2D eigenvalue weighted by atomic mass is 16.7. The van der Waals surface area contributed by atoms with E-state index in [1.165, 1.54) is 19.3 Å². The Hall–Kier alpha value is -0.160. The Balaban J connectivity index is 0.000000550. The molecule has 1 aliphatic heterocycles. The molecule has 1 atom stereocenters. The van der Waals surface area contributed by atoms with E-state index < -0.39 is 0 Å². The lowest BCUT2D eigenvalue weighted by Crippen LogP contribution is -2.34. The average molecular weight is 274 g/mol. The maximum Gasteiger partial charge on any atom is 0.168 e. The first-order valence-electron chi connectivity index (χ1n) is 7.50. The summed E-state index contributed by atoms with van der Waals surface area (Å²) < 4.78 is 12.0. The maximum absolute atomic E-state index is 9.26. The van der Waals surface area contributed by atoms with Crippen LogP contribution in [-0.4, -0.2) is 41.9 Å². The molecule has 2 N–H and O–H groups in total. The molecule has 19 heavy (non-hydrogen) atoms. The second-order valence-corrected chi connectivity index (χ2v) is 6.36. The van der Waals surface area contributed by atoms with Crippen LogP contribution in [0.15, 0.2) is 0 Å². The summed E-state index contributed by atoms with van der Waals surface area (Å²) in [6, 6.07) is 0. The Morgan fingerprint density at radius 2 is 1.74 bits per heavy atom. The highest BCUT2D eigenvalue weighted by Crippen LogP contribution is 2.40. The fourth-order valence-electron chi connectivity index (χ4n) is 2.75. The van der Waals surface area contributed by atoms with E-state index in [-0.39, 0.29) is 30.5 Å². The minimum atomic E-state index is -0.269. The predicted molar refractivity (Wildman–Crippen MR) is 74.9 cm³/mol. The van der Waals surface area contributed by atoms with Gasteiger partial charge in [0.1, 0.15) is 0 Å². The van der Waals surface area contributed by atoms with Crippen LogP contribution in [0, 0.1) is 5.41 Å². The summed E-state index contributed by atoms with van der Waals surface area (Å²) in [5, 5.41) is 16.8. The van der Waals surface area contributed by atoms with Gasteiger partial charge in [-0.1, -0.05) is 20.3 Å². The highest BCUT2D eigenvalue weighted by Gasteiger charge is 2.43. The molecular formula is C15H30O4. The van der Waals surface area contributed by atoms with Crippen LogP contribution < -0.4 is 0 Å². The Morgan fingerprint density at radius 3 is 2.26 bits per heavy atom. The van der Waals surface area contributed by atoms with Gasteiger partial charge in [-0.3, -0.25) is 0 Å². The SMILES string of the molecule is CC(C)(CO)CC1COC2(CCCCC2)O1.CCO. The lowest BCUT2D eigenvalue weighted by molar-refractivity contribution is -0.189. The summed E-state index contributed by atoms with van der Waals surface area (Å²) in [7, 11) is 0. The summed E-state index contributed by atoms with van der Waals surface area (Å²) in [4.78, 5) is 0. The lowest BCUT2D eigenvalue weighted by atomic mass is 9.88. The van der Waals surface area contributed by atoms with Crippen LogP contribution in [0.3, 0.4) is 0 Å². The molecule has 4 nitrogen and oxygen atoms in total. The molecule has 1 heterocycles. The number of rotatable bonds is 3. The van der Waals surface area contributed by atoms with Crippen LogP contribution in [0.2, 0.25) is 0 Å². The van der Waals surface area contributed by atoms with E-state index in [0.29, 0.717) is 6.61 Å². The topological polar surface area (TPSA) is 58.9 Å². The molecule has 2 aliphatic rings. The van der Waals surface area contributed by atoms with Crippen molar-refractivity contribution >= 4 is 0 Å². The largest absolute Gasteiger partial charge is 0.397 e. The monoisotopic (exact) mass is 274 g/mol. The van der Waals surface area contributed by atoms with Gasteiger partial charge in [-0.2, -0.15) is 0 Å². The number of hydrogen-bond acceptors (Lipinski definition) is 4. The molecule has 1 spiro atoms. The summed E-state index contributed by atoms with van der Waals surface area (Å²) >= 11 is 0. The van der Waals surface area contributed by atoms with Crippen molar-refractivity contribution in [3.05, 3.63) is 0 Å². The van der Waals surface area contributed by atoms with Gasteiger partial charge in [0, 0.05) is 26.1 Å². The van der Waals surface area contributed by atoms with Gasteiger partial charge in [0.2, 0.25) is 0 Å². The van der Waals surface area contributed by atoms with E-state index >= 15 is 0 Å². The zero-order valence-corrected chi connectivity index (χ0v) is 12.7. The zero-order valence-electron chi connectivity index (χ0n) is 12.7. The van der Waals surface area contributed by atoms with Gasteiger partial charge in [0.15, 0.2) is 5.79 Å². The van der Waals surface area contributed by atoms with Crippen molar-refractivity contribution in [3.63, 3.8) is 0 Å². The molecule has 114 valence electrons. The van der Waals surface area contributed by atoms with Crippen molar-refractivity contribution in [2.75, 3.05) is 19.8 Å². The van der Waals surface area contributed by atoms with Crippen molar-refractivity contribution in [2.24, 2.45) is 5.41 Å². The van der Waals surface area contributed by atoms with Gasteiger partial charge in [-0.15, -0.1) is 0 Å². The normalized spacial score (nSPS) is 26.1. The van der Waals surface area contributed by atoms with Crippen LogP contribution in [0.5, 0.6) is 0 Å². The van der Waals surface area contributed by atoms with Crippen molar-refractivity contribution in [3.8, 4) is 0 Å². The van der Waals surface area contributed by atoms with Gasteiger partial charge >= 0.3 is 0 Å².